The van der Waals surface area contributed by atoms with Crippen molar-refractivity contribution in [1.29, 1.82) is 0 Å². The van der Waals surface area contributed by atoms with E-state index in [4.69, 9.17) is 5.73 Å². The molecule has 15 heavy (non-hydrogen) atoms. The minimum Gasteiger partial charge on any atom is -0.365 e. The van der Waals surface area contributed by atoms with E-state index in [2.05, 4.69) is 5.32 Å². The Hall–Kier alpha value is -1.88. The zero-order valence-corrected chi connectivity index (χ0v) is 8.07. The second-order valence-electron chi connectivity index (χ2n) is 3.53. The molecule has 1 atom stereocenters. The quantitative estimate of drug-likeness (QED) is 0.571. The summed E-state index contributed by atoms with van der Waals surface area (Å²) < 4.78 is 0. The van der Waals surface area contributed by atoms with Crippen molar-refractivity contribution in [3.63, 3.8) is 0 Å². The molecule has 4 N–H and O–H groups in total. The monoisotopic (exact) mass is 206 g/mol. The first-order chi connectivity index (χ1) is 6.97. The van der Waals surface area contributed by atoms with Crippen molar-refractivity contribution in [2.24, 2.45) is 5.73 Å². The zero-order chi connectivity index (χ0) is 11.2. The average molecular weight is 206 g/mol. The predicted octanol–water partition coefficient (Wildman–Crippen LogP) is -0.631. The van der Waals surface area contributed by atoms with Crippen LogP contribution in [-0.4, -0.2) is 16.9 Å². The second-order valence-corrected chi connectivity index (χ2v) is 3.53. The lowest BCUT2D eigenvalue weighted by Gasteiger charge is -2.19. The highest BCUT2D eigenvalue weighted by Crippen LogP contribution is 2.30. The Morgan fingerprint density at radius 1 is 1.53 bits per heavy atom. The molecule has 0 saturated heterocycles. The number of benzene rings is 1. The summed E-state index contributed by atoms with van der Waals surface area (Å²) in [5.41, 5.74) is 4.22. The second kappa shape index (κ2) is 2.80. The van der Waals surface area contributed by atoms with Crippen molar-refractivity contribution < 1.29 is 14.7 Å². The molecule has 0 radical (unpaired) electrons. The van der Waals surface area contributed by atoms with Crippen LogP contribution in [-0.2, 0) is 10.5 Å². The van der Waals surface area contributed by atoms with Crippen molar-refractivity contribution in [2.45, 2.75) is 12.6 Å². The Morgan fingerprint density at radius 3 is 2.80 bits per heavy atom. The Bertz CT molecular complexity index is 470. The summed E-state index contributed by atoms with van der Waals surface area (Å²) in [5.74, 6) is -1.47. The lowest BCUT2D eigenvalue weighted by molar-refractivity contribution is -0.139. The van der Waals surface area contributed by atoms with Gasteiger partial charge in [-0.3, -0.25) is 9.59 Å². The normalized spacial score (nSPS) is 23.5. The largest absolute Gasteiger partial charge is 0.365 e. The molecule has 1 heterocycles. The SMILES string of the molecule is Cc1cccc2c1C(=O)NC2(O)C(N)=O. The van der Waals surface area contributed by atoms with Crippen molar-refractivity contribution in [3.8, 4) is 0 Å². The van der Waals surface area contributed by atoms with Crippen LogP contribution in [0.3, 0.4) is 0 Å². The Kier molecular flexibility index (Phi) is 1.81. The van der Waals surface area contributed by atoms with E-state index in [0.29, 0.717) is 11.1 Å². The van der Waals surface area contributed by atoms with E-state index in [-0.39, 0.29) is 5.56 Å². The van der Waals surface area contributed by atoms with Crippen molar-refractivity contribution in [2.75, 3.05) is 0 Å². The fraction of sp³-hybridized carbons (Fsp3) is 0.200. The number of amides is 2. The summed E-state index contributed by atoms with van der Waals surface area (Å²) in [6, 6.07) is 4.89. The fourth-order valence-corrected chi connectivity index (χ4v) is 1.76. The van der Waals surface area contributed by atoms with Crippen molar-refractivity contribution in [1.82, 2.24) is 5.32 Å². The smallest absolute Gasteiger partial charge is 0.275 e. The first-order valence-electron chi connectivity index (χ1n) is 4.41. The van der Waals surface area contributed by atoms with Crippen LogP contribution in [0.25, 0.3) is 0 Å². The Morgan fingerprint density at radius 2 is 2.20 bits per heavy atom. The molecule has 0 spiro atoms. The number of carbonyl (C=O) groups is 2. The Labute approximate surface area is 85.9 Å². The summed E-state index contributed by atoms with van der Waals surface area (Å²) >= 11 is 0. The molecule has 0 bridgehead atoms. The minimum atomic E-state index is -2.07. The zero-order valence-electron chi connectivity index (χ0n) is 8.07. The average Bonchev–Trinajstić information content (AvgIpc) is 2.41. The third-order valence-corrected chi connectivity index (χ3v) is 2.54. The van der Waals surface area contributed by atoms with Crippen LogP contribution in [0.15, 0.2) is 18.2 Å². The third kappa shape index (κ3) is 1.13. The molecule has 1 aromatic carbocycles. The van der Waals surface area contributed by atoms with E-state index in [1.54, 1.807) is 19.1 Å². The van der Waals surface area contributed by atoms with Gasteiger partial charge >= 0.3 is 0 Å². The van der Waals surface area contributed by atoms with Crippen LogP contribution >= 0.6 is 0 Å². The van der Waals surface area contributed by atoms with Gasteiger partial charge in [0.15, 0.2) is 0 Å². The van der Waals surface area contributed by atoms with Gasteiger partial charge in [0.05, 0.1) is 5.56 Å². The van der Waals surface area contributed by atoms with Gasteiger partial charge in [0.1, 0.15) is 0 Å². The number of nitrogens with two attached hydrogens (primary N) is 1. The number of nitrogens with one attached hydrogen (secondary N) is 1. The lowest BCUT2D eigenvalue weighted by Crippen LogP contribution is -2.50. The molecule has 1 unspecified atom stereocenters. The number of carbonyl (C=O) groups excluding carboxylic acids is 2. The van der Waals surface area contributed by atoms with Gasteiger partial charge < -0.3 is 16.2 Å². The molecule has 0 fully saturated rings. The Balaban J connectivity index is 2.71. The standard InChI is InChI=1S/C10H10N2O3/c1-5-3-2-4-6-7(5)8(13)12-10(6,15)9(11)14/h2-4,15H,1H3,(H2,11,14)(H,12,13). The van der Waals surface area contributed by atoms with Gasteiger partial charge in [-0.05, 0) is 12.5 Å². The van der Waals surface area contributed by atoms with Crippen molar-refractivity contribution in [3.05, 3.63) is 34.9 Å². The first-order valence-corrected chi connectivity index (χ1v) is 4.41. The number of aryl methyl sites for hydroxylation is 1. The molecular formula is C10H10N2O3. The molecule has 2 amide bonds. The van der Waals surface area contributed by atoms with E-state index in [9.17, 15) is 14.7 Å². The highest BCUT2D eigenvalue weighted by atomic mass is 16.3. The van der Waals surface area contributed by atoms with Gasteiger partial charge in [0.2, 0.25) is 5.72 Å². The van der Waals surface area contributed by atoms with E-state index >= 15 is 0 Å². The number of rotatable bonds is 1. The molecule has 1 aliphatic heterocycles. The maximum atomic E-state index is 11.5. The molecule has 1 aliphatic rings. The van der Waals surface area contributed by atoms with E-state index in [1.807, 2.05) is 0 Å². The molecule has 5 heteroatoms. The lowest BCUT2D eigenvalue weighted by atomic mass is 9.98. The molecule has 0 saturated carbocycles. The first kappa shape index (κ1) is 9.67. The van der Waals surface area contributed by atoms with E-state index < -0.39 is 17.5 Å². The topological polar surface area (TPSA) is 92.4 Å². The van der Waals surface area contributed by atoms with Gasteiger partial charge in [0, 0.05) is 5.56 Å². The predicted molar refractivity (Wildman–Crippen MR) is 51.7 cm³/mol. The number of hydrogen-bond acceptors (Lipinski definition) is 3. The third-order valence-electron chi connectivity index (χ3n) is 2.54. The van der Waals surface area contributed by atoms with Gasteiger partial charge in [-0.1, -0.05) is 18.2 Å². The van der Waals surface area contributed by atoms with Gasteiger partial charge in [-0.25, -0.2) is 0 Å². The summed E-state index contributed by atoms with van der Waals surface area (Å²) in [5, 5.41) is 12.1. The van der Waals surface area contributed by atoms with Crippen molar-refractivity contribution >= 4 is 11.8 Å². The maximum absolute atomic E-state index is 11.5. The summed E-state index contributed by atoms with van der Waals surface area (Å²) in [4.78, 5) is 22.6. The number of fused-ring (bicyclic) bond motifs is 1. The molecule has 2 rings (SSSR count). The fourth-order valence-electron chi connectivity index (χ4n) is 1.76. The molecule has 1 aromatic rings. The van der Waals surface area contributed by atoms with Crippen LogP contribution < -0.4 is 11.1 Å². The van der Waals surface area contributed by atoms with Gasteiger partial charge in [0.25, 0.3) is 11.8 Å². The van der Waals surface area contributed by atoms with Gasteiger partial charge in [-0.15, -0.1) is 0 Å². The number of primary amides is 1. The van der Waals surface area contributed by atoms with Crippen LogP contribution in [0.5, 0.6) is 0 Å². The molecule has 0 aromatic heterocycles. The number of hydrogen-bond donors (Lipinski definition) is 3. The van der Waals surface area contributed by atoms with E-state index in [0.717, 1.165) is 0 Å². The summed E-state index contributed by atoms with van der Waals surface area (Å²) in [6.45, 7) is 1.73. The number of aliphatic hydroxyl groups is 1. The highest BCUT2D eigenvalue weighted by Gasteiger charge is 2.46. The van der Waals surface area contributed by atoms with Gasteiger partial charge in [-0.2, -0.15) is 0 Å². The molecule has 0 aliphatic carbocycles. The van der Waals surface area contributed by atoms with Crippen LogP contribution in [0.2, 0.25) is 0 Å². The molecule has 78 valence electrons. The summed E-state index contributed by atoms with van der Waals surface area (Å²) in [6.07, 6.45) is 0. The van der Waals surface area contributed by atoms with Crippen LogP contribution in [0.4, 0.5) is 0 Å². The van der Waals surface area contributed by atoms with E-state index in [1.165, 1.54) is 6.07 Å². The van der Waals surface area contributed by atoms with Crippen LogP contribution in [0.1, 0.15) is 21.5 Å². The maximum Gasteiger partial charge on any atom is 0.275 e. The minimum absolute atomic E-state index is 0.222. The van der Waals surface area contributed by atoms with Crippen LogP contribution in [0, 0.1) is 6.92 Å². The molecule has 5 nitrogen and oxygen atoms in total. The highest BCUT2D eigenvalue weighted by molar-refractivity contribution is 6.06. The summed E-state index contributed by atoms with van der Waals surface area (Å²) in [7, 11) is 0. The molecular weight excluding hydrogens is 196 g/mol.